The number of amides is 2. The molecule has 1 unspecified atom stereocenters. The number of para-hydroxylation sites is 1. The molecule has 122 valence electrons. The van der Waals surface area contributed by atoms with Crippen molar-refractivity contribution in [1.29, 1.82) is 0 Å². The largest absolute Gasteiger partial charge is 0.386 e. The number of hydrogen-bond acceptors (Lipinski definition) is 2. The molecule has 4 nitrogen and oxygen atoms in total. The number of benzene rings is 2. The van der Waals surface area contributed by atoms with Crippen molar-refractivity contribution in [2.24, 2.45) is 0 Å². The summed E-state index contributed by atoms with van der Waals surface area (Å²) in [5.74, 6) is -0.491. The van der Waals surface area contributed by atoms with Crippen LogP contribution in [0.1, 0.15) is 29.7 Å². The van der Waals surface area contributed by atoms with E-state index in [1.807, 2.05) is 32.0 Å². The number of aryl methyl sites for hydroxylation is 2. The summed E-state index contributed by atoms with van der Waals surface area (Å²) >= 11 is 0. The maximum Gasteiger partial charge on any atom is 0.319 e. The van der Waals surface area contributed by atoms with Crippen LogP contribution in [0.15, 0.2) is 42.5 Å². The van der Waals surface area contributed by atoms with Crippen LogP contribution >= 0.6 is 0 Å². The van der Waals surface area contributed by atoms with E-state index < -0.39 is 18.0 Å². The lowest BCUT2D eigenvalue weighted by Gasteiger charge is -2.16. The molecule has 0 bridgehead atoms. The van der Waals surface area contributed by atoms with Gasteiger partial charge in [0, 0.05) is 17.8 Å². The summed E-state index contributed by atoms with van der Waals surface area (Å²) in [7, 11) is 0. The van der Waals surface area contributed by atoms with Crippen molar-refractivity contribution in [2.45, 2.75) is 26.4 Å². The number of aliphatic hydroxyl groups excluding tert-OH is 1. The summed E-state index contributed by atoms with van der Waals surface area (Å²) in [4.78, 5) is 12.0. The minimum absolute atomic E-state index is 0.0693. The quantitative estimate of drug-likeness (QED) is 0.790. The molecular weight excluding hydrogens is 295 g/mol. The highest BCUT2D eigenvalue weighted by atomic mass is 19.1. The third-order valence-corrected chi connectivity index (χ3v) is 3.70. The highest BCUT2D eigenvalue weighted by molar-refractivity contribution is 5.91. The van der Waals surface area contributed by atoms with Gasteiger partial charge in [0.1, 0.15) is 5.82 Å². The number of carbonyl (C=O) groups is 1. The highest BCUT2D eigenvalue weighted by Gasteiger charge is 2.14. The van der Waals surface area contributed by atoms with Crippen molar-refractivity contribution in [2.75, 3.05) is 11.9 Å². The van der Waals surface area contributed by atoms with E-state index in [0.29, 0.717) is 0 Å². The molecule has 0 spiro atoms. The van der Waals surface area contributed by atoms with E-state index in [1.54, 1.807) is 12.1 Å². The highest BCUT2D eigenvalue weighted by Crippen LogP contribution is 2.21. The second-order valence-electron chi connectivity index (χ2n) is 5.33. The molecule has 0 aromatic heterocycles. The molecule has 3 N–H and O–H groups in total. The van der Waals surface area contributed by atoms with Crippen LogP contribution in [0.4, 0.5) is 14.9 Å². The van der Waals surface area contributed by atoms with Gasteiger partial charge in [-0.25, -0.2) is 9.18 Å². The Labute approximate surface area is 135 Å². The summed E-state index contributed by atoms with van der Waals surface area (Å²) in [5, 5.41) is 15.4. The van der Waals surface area contributed by atoms with Crippen LogP contribution in [0.2, 0.25) is 0 Å². The lowest BCUT2D eigenvalue weighted by atomic mass is 10.1. The predicted molar refractivity (Wildman–Crippen MR) is 88.9 cm³/mol. The predicted octanol–water partition coefficient (Wildman–Crippen LogP) is 3.55. The summed E-state index contributed by atoms with van der Waals surface area (Å²) in [5.41, 5.74) is 2.94. The van der Waals surface area contributed by atoms with E-state index in [-0.39, 0.29) is 12.1 Å². The van der Waals surface area contributed by atoms with Gasteiger partial charge in [-0.05, 0) is 30.5 Å². The van der Waals surface area contributed by atoms with Gasteiger partial charge in [-0.15, -0.1) is 0 Å². The number of hydrogen-bond donors (Lipinski definition) is 3. The Balaban J connectivity index is 1.97. The molecule has 2 aromatic carbocycles. The maximum absolute atomic E-state index is 13.6. The van der Waals surface area contributed by atoms with Gasteiger partial charge in [-0.3, -0.25) is 0 Å². The van der Waals surface area contributed by atoms with Crippen molar-refractivity contribution in [1.82, 2.24) is 5.32 Å². The van der Waals surface area contributed by atoms with Gasteiger partial charge >= 0.3 is 6.03 Å². The first kappa shape index (κ1) is 17.0. The minimum atomic E-state index is -1.09. The first-order chi connectivity index (χ1) is 11.0. The Morgan fingerprint density at radius 3 is 2.65 bits per heavy atom. The van der Waals surface area contributed by atoms with Crippen molar-refractivity contribution in [3.63, 3.8) is 0 Å². The zero-order valence-corrected chi connectivity index (χ0v) is 13.3. The molecule has 2 rings (SSSR count). The van der Waals surface area contributed by atoms with Crippen molar-refractivity contribution < 1.29 is 14.3 Å². The average Bonchev–Trinajstić information content (AvgIpc) is 2.55. The van der Waals surface area contributed by atoms with Crippen LogP contribution in [-0.4, -0.2) is 17.7 Å². The van der Waals surface area contributed by atoms with Gasteiger partial charge in [-0.1, -0.05) is 43.3 Å². The van der Waals surface area contributed by atoms with Crippen LogP contribution in [-0.2, 0) is 6.42 Å². The van der Waals surface area contributed by atoms with Crippen LogP contribution in [0, 0.1) is 12.7 Å². The molecule has 2 amide bonds. The molecule has 23 heavy (non-hydrogen) atoms. The molecule has 2 aromatic rings. The first-order valence-corrected chi connectivity index (χ1v) is 7.58. The Kier molecular flexibility index (Phi) is 5.71. The molecule has 0 aliphatic carbocycles. The van der Waals surface area contributed by atoms with E-state index in [0.717, 1.165) is 23.2 Å². The molecule has 0 heterocycles. The van der Waals surface area contributed by atoms with Crippen LogP contribution in [0.3, 0.4) is 0 Å². The molecule has 0 saturated carbocycles. The SMILES string of the molecule is CCc1cccc(C)c1NC(=O)NCC(O)c1ccccc1F. The van der Waals surface area contributed by atoms with Gasteiger partial charge in [0.15, 0.2) is 0 Å². The Morgan fingerprint density at radius 2 is 1.96 bits per heavy atom. The second kappa shape index (κ2) is 7.74. The maximum atomic E-state index is 13.6. The lowest BCUT2D eigenvalue weighted by Crippen LogP contribution is -2.33. The van der Waals surface area contributed by atoms with E-state index in [1.165, 1.54) is 12.1 Å². The van der Waals surface area contributed by atoms with Gasteiger partial charge in [0.05, 0.1) is 6.10 Å². The number of halogens is 1. The van der Waals surface area contributed by atoms with Gasteiger partial charge in [-0.2, -0.15) is 0 Å². The summed E-state index contributed by atoms with van der Waals surface area (Å²) in [6, 6.07) is 11.4. The summed E-state index contributed by atoms with van der Waals surface area (Å²) in [6.07, 6.45) is -0.292. The molecule has 0 radical (unpaired) electrons. The normalized spacial score (nSPS) is 11.8. The Morgan fingerprint density at radius 1 is 1.22 bits per heavy atom. The number of anilines is 1. The zero-order chi connectivity index (χ0) is 16.8. The van der Waals surface area contributed by atoms with Crippen LogP contribution in [0.5, 0.6) is 0 Å². The third-order valence-electron chi connectivity index (χ3n) is 3.70. The third kappa shape index (κ3) is 4.29. The fraction of sp³-hybridized carbons (Fsp3) is 0.278. The number of rotatable bonds is 5. The summed E-state index contributed by atoms with van der Waals surface area (Å²) < 4.78 is 13.6. The molecule has 0 saturated heterocycles. The standard InChI is InChI=1S/C18H21FN2O2/c1-3-13-8-6-7-12(2)17(13)21-18(23)20-11-16(22)14-9-4-5-10-15(14)19/h4-10,16,22H,3,11H2,1-2H3,(H2,20,21,23). The number of urea groups is 1. The molecule has 0 aliphatic heterocycles. The second-order valence-corrected chi connectivity index (χ2v) is 5.33. The molecule has 5 heteroatoms. The van der Waals surface area contributed by atoms with Gasteiger partial charge < -0.3 is 15.7 Å². The van der Waals surface area contributed by atoms with Crippen LogP contribution in [0.25, 0.3) is 0 Å². The minimum Gasteiger partial charge on any atom is -0.386 e. The zero-order valence-electron chi connectivity index (χ0n) is 13.3. The number of nitrogens with one attached hydrogen (secondary N) is 2. The lowest BCUT2D eigenvalue weighted by molar-refractivity contribution is 0.170. The van der Waals surface area contributed by atoms with E-state index in [9.17, 15) is 14.3 Å². The number of aliphatic hydroxyl groups is 1. The topological polar surface area (TPSA) is 61.4 Å². The van der Waals surface area contributed by atoms with Crippen molar-refractivity contribution in [3.8, 4) is 0 Å². The van der Waals surface area contributed by atoms with E-state index in [4.69, 9.17) is 0 Å². The first-order valence-electron chi connectivity index (χ1n) is 7.58. The Bertz CT molecular complexity index is 688. The smallest absolute Gasteiger partial charge is 0.319 e. The molecular formula is C18H21FN2O2. The van der Waals surface area contributed by atoms with E-state index >= 15 is 0 Å². The van der Waals surface area contributed by atoms with E-state index in [2.05, 4.69) is 10.6 Å². The average molecular weight is 316 g/mol. The van der Waals surface area contributed by atoms with Gasteiger partial charge in [0.2, 0.25) is 0 Å². The van der Waals surface area contributed by atoms with Crippen molar-refractivity contribution >= 4 is 11.7 Å². The molecule has 1 atom stereocenters. The van der Waals surface area contributed by atoms with Crippen molar-refractivity contribution in [3.05, 3.63) is 65.0 Å². The molecule has 0 fully saturated rings. The summed E-state index contributed by atoms with van der Waals surface area (Å²) in [6.45, 7) is 3.86. The Hall–Kier alpha value is -2.40. The fourth-order valence-corrected chi connectivity index (χ4v) is 2.40. The monoisotopic (exact) mass is 316 g/mol. The number of carbonyl (C=O) groups excluding carboxylic acids is 1. The van der Waals surface area contributed by atoms with Crippen LogP contribution < -0.4 is 10.6 Å². The fourth-order valence-electron chi connectivity index (χ4n) is 2.40. The molecule has 0 aliphatic rings. The van der Waals surface area contributed by atoms with Gasteiger partial charge in [0.25, 0.3) is 0 Å².